The number of imide groups is 1. The average molecular weight is 317 g/mol. The molecule has 0 spiro atoms. The molecule has 2 heterocycles. The molecule has 6 nitrogen and oxygen atoms in total. The van der Waals surface area contributed by atoms with Crippen LogP contribution in [0.1, 0.15) is 17.2 Å². The fourth-order valence-corrected chi connectivity index (χ4v) is 2.77. The van der Waals surface area contributed by atoms with Crippen LogP contribution in [0.5, 0.6) is 0 Å². The third-order valence-corrected chi connectivity index (χ3v) is 3.83. The van der Waals surface area contributed by atoms with Crippen molar-refractivity contribution >= 4 is 29.5 Å². The van der Waals surface area contributed by atoms with Crippen LogP contribution in [0.4, 0.5) is 9.59 Å². The summed E-state index contributed by atoms with van der Waals surface area (Å²) < 4.78 is 9.63. The maximum absolute atomic E-state index is 12.1. The molecule has 22 heavy (non-hydrogen) atoms. The largest absolute Gasteiger partial charge is 0.444 e. The first kappa shape index (κ1) is 14.3. The lowest BCUT2D eigenvalue weighted by Gasteiger charge is -2.17. The Balaban J connectivity index is 1.75. The molecule has 2 aromatic rings. The lowest BCUT2D eigenvalue weighted by atomic mass is 10.1. The van der Waals surface area contributed by atoms with Gasteiger partial charge in [0, 0.05) is 0 Å². The monoisotopic (exact) mass is 317 g/mol. The second-order valence-corrected chi connectivity index (χ2v) is 5.34. The fraction of sp³-hybridized carbons (Fsp3) is 0.133. The molecule has 0 radical (unpaired) electrons. The minimum atomic E-state index is -1.08. The van der Waals surface area contributed by atoms with Crippen molar-refractivity contribution in [1.82, 2.24) is 4.90 Å². The summed E-state index contributed by atoms with van der Waals surface area (Å²) in [5.74, 6) is -0.778. The van der Waals surface area contributed by atoms with Crippen LogP contribution in [0.25, 0.3) is 0 Å². The number of nitrogens with zero attached hydrogens (tertiary/aromatic N) is 1. The highest BCUT2D eigenvalue weighted by molar-refractivity contribution is 7.08. The molecular formula is C15H11NO5S. The first-order chi connectivity index (χ1) is 10.7. The summed E-state index contributed by atoms with van der Waals surface area (Å²) in [6.45, 7) is 0.00794. The molecule has 0 N–H and O–H groups in total. The number of esters is 1. The number of rotatable bonds is 3. The summed E-state index contributed by atoms with van der Waals surface area (Å²) in [7, 11) is 0. The molecule has 1 atom stereocenters. The molecule has 0 aliphatic carbocycles. The number of hydrogen-bond donors (Lipinski definition) is 0. The van der Waals surface area contributed by atoms with Crippen LogP contribution in [-0.2, 0) is 20.9 Å². The minimum Gasteiger partial charge on any atom is -0.444 e. The molecule has 1 aromatic heterocycles. The summed E-state index contributed by atoms with van der Waals surface area (Å²) in [6, 6.07) is 9.62. The summed E-state index contributed by atoms with van der Waals surface area (Å²) in [5.41, 5.74) is 1.30. The number of carbonyl (C=O) groups excluding carboxylic acids is 3. The molecular weight excluding hydrogens is 306 g/mol. The Morgan fingerprint density at radius 3 is 2.68 bits per heavy atom. The number of ether oxygens (including phenoxy) is 2. The van der Waals surface area contributed by atoms with Crippen LogP contribution >= 0.6 is 11.3 Å². The van der Waals surface area contributed by atoms with Crippen LogP contribution in [0.15, 0.2) is 47.2 Å². The van der Waals surface area contributed by atoms with Gasteiger partial charge in [0.05, 0.1) is 0 Å². The Bertz CT molecular complexity index is 698. The van der Waals surface area contributed by atoms with E-state index in [0.717, 1.165) is 5.56 Å². The summed E-state index contributed by atoms with van der Waals surface area (Å²) in [6.07, 6.45) is -1.92. The zero-order valence-corrected chi connectivity index (χ0v) is 12.1. The molecule has 1 unspecified atom stereocenters. The van der Waals surface area contributed by atoms with Gasteiger partial charge in [-0.2, -0.15) is 16.2 Å². The van der Waals surface area contributed by atoms with E-state index in [4.69, 9.17) is 4.74 Å². The van der Waals surface area contributed by atoms with Crippen LogP contribution in [0.3, 0.4) is 0 Å². The van der Waals surface area contributed by atoms with Gasteiger partial charge in [-0.1, -0.05) is 30.3 Å². The summed E-state index contributed by atoms with van der Waals surface area (Å²) >= 11 is 1.36. The summed E-state index contributed by atoms with van der Waals surface area (Å²) in [4.78, 5) is 36.3. The van der Waals surface area contributed by atoms with Crippen molar-refractivity contribution in [3.63, 3.8) is 0 Å². The van der Waals surface area contributed by atoms with Crippen molar-refractivity contribution in [2.75, 3.05) is 0 Å². The predicted octanol–water partition coefficient (Wildman–Crippen LogP) is 3.10. The quantitative estimate of drug-likeness (QED) is 0.642. The number of amides is 2. The average Bonchev–Trinajstić information content (AvgIpc) is 3.13. The molecule has 2 amide bonds. The number of carbonyl (C=O) groups is 3. The molecule has 1 fully saturated rings. The fourth-order valence-electron chi connectivity index (χ4n) is 2.09. The van der Waals surface area contributed by atoms with Crippen molar-refractivity contribution in [1.29, 1.82) is 0 Å². The standard InChI is InChI=1S/C15H11NO5S/c17-13-12(11-6-7-22-9-11)16(15(19)21-13)14(18)20-8-10-4-2-1-3-5-10/h1-7,9,12H,8H2. The first-order valence-corrected chi connectivity index (χ1v) is 7.39. The second-order valence-electron chi connectivity index (χ2n) is 4.56. The third kappa shape index (κ3) is 2.71. The van der Waals surface area contributed by atoms with Crippen molar-refractivity contribution in [2.45, 2.75) is 12.6 Å². The van der Waals surface area contributed by atoms with E-state index >= 15 is 0 Å². The van der Waals surface area contributed by atoms with E-state index < -0.39 is 24.2 Å². The molecule has 112 valence electrons. The minimum absolute atomic E-state index is 0.00794. The zero-order valence-electron chi connectivity index (χ0n) is 11.3. The molecule has 3 rings (SSSR count). The molecule has 0 saturated carbocycles. The number of cyclic esters (lactones) is 2. The van der Waals surface area contributed by atoms with E-state index in [2.05, 4.69) is 4.74 Å². The van der Waals surface area contributed by atoms with Crippen LogP contribution < -0.4 is 0 Å². The second kappa shape index (κ2) is 5.98. The van der Waals surface area contributed by atoms with Gasteiger partial charge in [-0.15, -0.1) is 0 Å². The van der Waals surface area contributed by atoms with Crippen molar-refractivity contribution in [2.24, 2.45) is 0 Å². The van der Waals surface area contributed by atoms with E-state index in [1.165, 1.54) is 11.3 Å². The van der Waals surface area contributed by atoms with E-state index in [1.807, 2.05) is 18.2 Å². The van der Waals surface area contributed by atoms with E-state index in [1.54, 1.807) is 29.0 Å². The molecule has 1 aliphatic rings. The van der Waals surface area contributed by atoms with E-state index in [0.29, 0.717) is 10.5 Å². The predicted molar refractivity (Wildman–Crippen MR) is 77.0 cm³/mol. The SMILES string of the molecule is O=C1OC(=O)N(C(=O)OCc2ccccc2)C1c1ccsc1. The van der Waals surface area contributed by atoms with Gasteiger partial charge in [0.15, 0.2) is 6.04 Å². The Morgan fingerprint density at radius 1 is 1.23 bits per heavy atom. The van der Waals surface area contributed by atoms with Gasteiger partial charge in [-0.25, -0.2) is 14.4 Å². The highest BCUT2D eigenvalue weighted by Crippen LogP contribution is 2.31. The number of benzene rings is 1. The van der Waals surface area contributed by atoms with Gasteiger partial charge in [0.2, 0.25) is 0 Å². The lowest BCUT2D eigenvalue weighted by molar-refractivity contribution is -0.135. The van der Waals surface area contributed by atoms with Gasteiger partial charge in [-0.3, -0.25) is 0 Å². The van der Waals surface area contributed by atoms with Gasteiger partial charge in [-0.05, 0) is 28.0 Å². The van der Waals surface area contributed by atoms with E-state index in [-0.39, 0.29) is 6.61 Å². The molecule has 1 aliphatic heterocycles. The Hall–Kier alpha value is -2.67. The molecule has 1 aromatic carbocycles. The topological polar surface area (TPSA) is 72.9 Å². The molecule has 0 bridgehead atoms. The lowest BCUT2D eigenvalue weighted by Crippen LogP contribution is -2.35. The van der Waals surface area contributed by atoms with Crippen LogP contribution in [-0.4, -0.2) is 23.1 Å². The van der Waals surface area contributed by atoms with Gasteiger partial charge in [0.25, 0.3) is 0 Å². The number of thiophene rings is 1. The Kier molecular flexibility index (Phi) is 3.88. The third-order valence-electron chi connectivity index (χ3n) is 3.13. The van der Waals surface area contributed by atoms with Gasteiger partial charge >= 0.3 is 18.2 Å². The Labute approximate surface area is 129 Å². The van der Waals surface area contributed by atoms with Crippen molar-refractivity contribution < 1.29 is 23.9 Å². The summed E-state index contributed by atoms with van der Waals surface area (Å²) in [5, 5.41) is 3.43. The van der Waals surface area contributed by atoms with Crippen molar-refractivity contribution in [3.8, 4) is 0 Å². The van der Waals surface area contributed by atoms with Crippen LogP contribution in [0.2, 0.25) is 0 Å². The highest BCUT2D eigenvalue weighted by Gasteiger charge is 2.47. The number of hydrogen-bond acceptors (Lipinski definition) is 6. The smallest absolute Gasteiger partial charge is 0.428 e. The highest BCUT2D eigenvalue weighted by atomic mass is 32.1. The van der Waals surface area contributed by atoms with Crippen molar-refractivity contribution in [3.05, 3.63) is 58.3 Å². The normalized spacial score (nSPS) is 17.5. The van der Waals surface area contributed by atoms with Crippen LogP contribution in [0, 0.1) is 0 Å². The Morgan fingerprint density at radius 2 is 2.00 bits per heavy atom. The molecule has 7 heteroatoms. The maximum atomic E-state index is 12.1. The molecule has 1 saturated heterocycles. The maximum Gasteiger partial charge on any atom is 0.428 e. The van der Waals surface area contributed by atoms with Gasteiger partial charge in [0.1, 0.15) is 6.61 Å². The first-order valence-electron chi connectivity index (χ1n) is 6.44. The zero-order chi connectivity index (χ0) is 15.5. The van der Waals surface area contributed by atoms with Gasteiger partial charge < -0.3 is 9.47 Å². The van der Waals surface area contributed by atoms with E-state index in [9.17, 15) is 14.4 Å².